The molecule has 1 saturated heterocycles. The molecule has 0 radical (unpaired) electrons. The molecule has 1 aliphatic rings. The van der Waals surface area contributed by atoms with E-state index in [1.54, 1.807) is 4.90 Å². The van der Waals surface area contributed by atoms with Crippen molar-refractivity contribution in [2.45, 2.75) is 45.3 Å². The summed E-state index contributed by atoms with van der Waals surface area (Å²) in [5, 5.41) is 0.163. The van der Waals surface area contributed by atoms with E-state index in [0.717, 1.165) is 0 Å². The summed E-state index contributed by atoms with van der Waals surface area (Å²) in [5.41, 5.74) is 0. The fourth-order valence-electron chi connectivity index (χ4n) is 1.94. The minimum absolute atomic E-state index is 0.0132. The van der Waals surface area contributed by atoms with Crippen molar-refractivity contribution in [1.29, 1.82) is 0 Å². The maximum atomic E-state index is 11.8. The van der Waals surface area contributed by atoms with E-state index in [1.165, 1.54) is 7.11 Å². The van der Waals surface area contributed by atoms with Gasteiger partial charge in [0.25, 0.3) is 0 Å². The first-order chi connectivity index (χ1) is 9.08. The predicted octanol–water partition coefficient (Wildman–Crippen LogP) is 2.03. The molecule has 0 aromatic rings. The van der Waals surface area contributed by atoms with Crippen molar-refractivity contribution in [3.05, 3.63) is 0 Å². The number of likely N-dealkylation sites (tertiary alicyclic amines) is 1. The number of hydrogen-bond acceptors (Lipinski definition) is 4. The smallest absolute Gasteiger partial charge is 0.310 e. The average Bonchev–Trinajstić information content (AvgIpc) is 2.68. The molecule has 1 atom stereocenters. The zero-order chi connectivity index (χ0) is 15.6. The van der Waals surface area contributed by atoms with Crippen LogP contribution in [-0.2, 0) is 18.8 Å². The molecule has 0 aliphatic carbocycles. The highest BCUT2D eigenvalue weighted by Crippen LogP contribution is 2.36. The third-order valence-electron chi connectivity index (χ3n) is 4.38. The standard InChI is InChI=1S/C14H27NO4Si/c1-14(2,3)20(5,6)19-8-7-15-10-11(9-12(15)16)13(17)18-4/h11H,7-10H2,1-6H3. The van der Waals surface area contributed by atoms with Crippen LogP contribution in [0.2, 0.25) is 18.1 Å². The van der Waals surface area contributed by atoms with Gasteiger partial charge in [0.05, 0.1) is 19.6 Å². The van der Waals surface area contributed by atoms with Gasteiger partial charge in [0.15, 0.2) is 8.32 Å². The van der Waals surface area contributed by atoms with Crippen LogP contribution in [0.5, 0.6) is 0 Å². The number of hydrogen-bond donors (Lipinski definition) is 0. The lowest BCUT2D eigenvalue weighted by Crippen LogP contribution is -2.43. The highest BCUT2D eigenvalue weighted by Gasteiger charge is 2.38. The number of esters is 1. The normalized spacial score (nSPS) is 20.4. The third kappa shape index (κ3) is 4.05. The van der Waals surface area contributed by atoms with Gasteiger partial charge in [-0.3, -0.25) is 9.59 Å². The van der Waals surface area contributed by atoms with Gasteiger partial charge in [-0.2, -0.15) is 0 Å². The predicted molar refractivity (Wildman–Crippen MR) is 79.9 cm³/mol. The van der Waals surface area contributed by atoms with Crippen molar-refractivity contribution >= 4 is 20.2 Å². The second-order valence-electron chi connectivity index (χ2n) is 6.87. The molecule has 0 bridgehead atoms. The Balaban J connectivity index is 2.44. The van der Waals surface area contributed by atoms with Gasteiger partial charge in [0.2, 0.25) is 5.91 Å². The summed E-state index contributed by atoms with van der Waals surface area (Å²) < 4.78 is 10.7. The number of rotatable bonds is 5. The zero-order valence-electron chi connectivity index (χ0n) is 13.5. The molecule has 0 N–H and O–H groups in total. The summed E-state index contributed by atoms with van der Waals surface area (Å²) in [6.45, 7) is 12.5. The number of methoxy groups -OCH3 is 1. The maximum Gasteiger partial charge on any atom is 0.310 e. The van der Waals surface area contributed by atoms with Crippen LogP contribution in [0, 0.1) is 5.92 Å². The lowest BCUT2D eigenvalue weighted by Gasteiger charge is -2.36. The fourth-order valence-corrected chi connectivity index (χ4v) is 2.97. The van der Waals surface area contributed by atoms with Crippen molar-refractivity contribution in [2.24, 2.45) is 5.92 Å². The number of carbonyl (C=O) groups excluding carboxylic acids is 2. The van der Waals surface area contributed by atoms with Gasteiger partial charge >= 0.3 is 5.97 Å². The molecule has 20 heavy (non-hydrogen) atoms. The van der Waals surface area contributed by atoms with Crippen molar-refractivity contribution in [3.8, 4) is 0 Å². The Labute approximate surface area is 122 Å². The molecule has 1 amide bonds. The van der Waals surface area contributed by atoms with Crippen molar-refractivity contribution in [2.75, 3.05) is 26.8 Å². The summed E-state index contributed by atoms with van der Waals surface area (Å²) in [6.07, 6.45) is 0.257. The first-order valence-electron chi connectivity index (χ1n) is 7.08. The van der Waals surface area contributed by atoms with Crippen molar-refractivity contribution < 1.29 is 18.8 Å². The van der Waals surface area contributed by atoms with Crippen LogP contribution < -0.4 is 0 Å². The third-order valence-corrected chi connectivity index (χ3v) is 8.92. The molecule has 0 aromatic carbocycles. The van der Waals surface area contributed by atoms with Crippen LogP contribution in [0.25, 0.3) is 0 Å². The number of carbonyl (C=O) groups is 2. The lowest BCUT2D eigenvalue weighted by atomic mass is 10.1. The second kappa shape index (κ2) is 6.26. The van der Waals surface area contributed by atoms with Gasteiger partial charge in [0.1, 0.15) is 0 Å². The van der Waals surface area contributed by atoms with Gasteiger partial charge < -0.3 is 14.1 Å². The summed E-state index contributed by atoms with van der Waals surface area (Å²) >= 11 is 0. The molecule has 5 nitrogen and oxygen atoms in total. The number of amides is 1. The topological polar surface area (TPSA) is 55.8 Å². The van der Waals surface area contributed by atoms with Crippen LogP contribution in [0.15, 0.2) is 0 Å². The van der Waals surface area contributed by atoms with E-state index >= 15 is 0 Å². The Kier molecular flexibility index (Phi) is 5.37. The van der Waals surface area contributed by atoms with Gasteiger partial charge in [0, 0.05) is 19.5 Å². The van der Waals surface area contributed by atoms with Gasteiger partial charge in [-0.15, -0.1) is 0 Å². The quantitative estimate of drug-likeness (QED) is 0.576. The van der Waals surface area contributed by atoms with Crippen LogP contribution in [0.3, 0.4) is 0 Å². The van der Waals surface area contributed by atoms with Gasteiger partial charge in [-0.05, 0) is 18.1 Å². The van der Waals surface area contributed by atoms with E-state index < -0.39 is 8.32 Å². The molecule has 1 unspecified atom stereocenters. The summed E-state index contributed by atoms with van der Waals surface area (Å²) in [7, 11) is -0.417. The first-order valence-corrected chi connectivity index (χ1v) is 9.99. The highest BCUT2D eigenvalue weighted by molar-refractivity contribution is 6.74. The number of nitrogens with zero attached hydrogens (tertiary/aromatic N) is 1. The Bertz CT molecular complexity index is 376. The van der Waals surface area contributed by atoms with Gasteiger partial charge in [-0.1, -0.05) is 20.8 Å². The Morgan fingerprint density at radius 3 is 2.50 bits per heavy atom. The van der Waals surface area contributed by atoms with E-state index in [4.69, 9.17) is 9.16 Å². The molecular weight excluding hydrogens is 274 g/mol. The van der Waals surface area contributed by atoms with E-state index in [0.29, 0.717) is 19.7 Å². The molecule has 0 saturated carbocycles. The van der Waals surface area contributed by atoms with Crippen LogP contribution in [0.1, 0.15) is 27.2 Å². The van der Waals surface area contributed by atoms with Crippen LogP contribution >= 0.6 is 0 Å². The molecule has 1 fully saturated rings. The Morgan fingerprint density at radius 1 is 1.40 bits per heavy atom. The molecular formula is C14H27NO4Si. The molecule has 0 spiro atoms. The van der Waals surface area contributed by atoms with Crippen LogP contribution in [-0.4, -0.2) is 51.9 Å². The average molecular weight is 301 g/mol. The van der Waals surface area contributed by atoms with E-state index in [2.05, 4.69) is 33.9 Å². The summed E-state index contributed by atoms with van der Waals surface area (Å²) in [4.78, 5) is 25.0. The maximum absolute atomic E-state index is 11.8. The van der Waals surface area contributed by atoms with Crippen molar-refractivity contribution in [1.82, 2.24) is 4.90 Å². The Hall–Kier alpha value is -0.883. The number of ether oxygens (including phenoxy) is 1. The largest absolute Gasteiger partial charge is 0.469 e. The minimum atomic E-state index is -1.77. The highest BCUT2D eigenvalue weighted by atomic mass is 28.4. The summed E-state index contributed by atoms with van der Waals surface area (Å²) in [5.74, 6) is -0.606. The molecule has 116 valence electrons. The Morgan fingerprint density at radius 2 is 2.00 bits per heavy atom. The first kappa shape index (κ1) is 17.2. The van der Waals surface area contributed by atoms with Crippen molar-refractivity contribution in [3.63, 3.8) is 0 Å². The SMILES string of the molecule is COC(=O)C1CC(=O)N(CCO[Si](C)(C)C(C)(C)C)C1. The second-order valence-corrected chi connectivity index (χ2v) is 11.7. The molecule has 0 aromatic heterocycles. The molecule has 1 heterocycles. The molecule has 1 rings (SSSR count). The minimum Gasteiger partial charge on any atom is -0.469 e. The monoisotopic (exact) mass is 301 g/mol. The van der Waals surface area contributed by atoms with Crippen LogP contribution in [0.4, 0.5) is 0 Å². The van der Waals surface area contributed by atoms with Gasteiger partial charge in [-0.25, -0.2) is 0 Å². The fraction of sp³-hybridized carbons (Fsp3) is 0.857. The molecule has 6 heteroatoms. The van der Waals surface area contributed by atoms with E-state index in [1.807, 2.05) is 0 Å². The van der Waals surface area contributed by atoms with E-state index in [9.17, 15) is 9.59 Å². The zero-order valence-corrected chi connectivity index (χ0v) is 14.5. The molecule has 1 aliphatic heterocycles. The summed E-state index contributed by atoms with van der Waals surface area (Å²) in [6, 6.07) is 0. The lowest BCUT2D eigenvalue weighted by molar-refractivity contribution is -0.145. The van der Waals surface area contributed by atoms with E-state index in [-0.39, 0.29) is 29.3 Å².